The number of carbonyl (C=O) groups excluding carboxylic acids is 1. The smallest absolute Gasteiger partial charge is 0.475 e. The fraction of sp³-hybridized carbons (Fsp3) is 0.545. The average molecular weight is 317 g/mol. The van der Waals surface area contributed by atoms with Gasteiger partial charge in [0, 0.05) is 19.2 Å². The van der Waals surface area contributed by atoms with Crippen LogP contribution in [0.5, 0.6) is 0 Å². The largest absolute Gasteiger partial charge is 0.476 e. The number of rotatable bonds is 4. The number of hydrogen-bond acceptors (Lipinski definition) is 5. The topological polar surface area (TPSA) is 114 Å². The van der Waals surface area contributed by atoms with Gasteiger partial charge in [-0.25, -0.2) is 9.59 Å². The number of alkyl halides is 2. The summed E-state index contributed by atoms with van der Waals surface area (Å²) in [5.74, 6) is -2.47. The third kappa shape index (κ3) is 1.85. The van der Waals surface area contributed by atoms with E-state index in [0.717, 1.165) is 0 Å². The van der Waals surface area contributed by atoms with Crippen molar-refractivity contribution in [3.05, 3.63) is 17.5 Å². The molecule has 0 radical (unpaired) electrons. The number of amides is 2. The molecule has 22 heavy (non-hydrogen) atoms. The molecule has 2 bridgehead atoms. The van der Waals surface area contributed by atoms with Crippen molar-refractivity contribution in [3.63, 3.8) is 0 Å². The summed E-state index contributed by atoms with van der Waals surface area (Å²) in [6.45, 7) is 0.156. The predicted octanol–water partition coefficient (Wildman–Crippen LogP) is -0.179. The second-order valence-corrected chi connectivity index (χ2v) is 5.05. The normalized spacial score (nSPS) is 23.9. The van der Waals surface area contributed by atoms with Crippen LogP contribution in [0.25, 0.3) is 0 Å². The third-order valence-electron chi connectivity index (χ3n) is 3.84. The highest BCUT2D eigenvalue weighted by molar-refractivity contribution is 5.79. The zero-order valence-corrected chi connectivity index (χ0v) is 11.4. The van der Waals surface area contributed by atoms with Gasteiger partial charge in [-0.05, 0) is 0 Å². The van der Waals surface area contributed by atoms with Gasteiger partial charge < -0.3 is 15.7 Å². The van der Waals surface area contributed by atoms with E-state index in [1.165, 1.54) is 15.8 Å². The van der Waals surface area contributed by atoms with E-state index in [0.29, 0.717) is 16.3 Å². The molecule has 1 fully saturated rings. The number of nitrogens with zero attached hydrogens (tertiary/aromatic N) is 4. The van der Waals surface area contributed by atoms with Crippen LogP contribution in [-0.4, -0.2) is 56.0 Å². The quantitative estimate of drug-likeness (QED) is 0.796. The van der Waals surface area contributed by atoms with Crippen LogP contribution in [0.4, 0.5) is 13.6 Å². The molecule has 0 aliphatic carbocycles. The number of halogens is 2. The second kappa shape index (κ2) is 4.61. The van der Waals surface area contributed by atoms with Crippen molar-refractivity contribution in [2.75, 3.05) is 13.1 Å². The number of carbonyl (C=O) groups is 2. The van der Waals surface area contributed by atoms with E-state index in [4.69, 9.17) is 10.8 Å². The monoisotopic (exact) mass is 317 g/mol. The number of nitrogens with two attached hydrogens (primary N) is 1. The summed E-state index contributed by atoms with van der Waals surface area (Å²) in [5.41, 5.74) is 6.81. The van der Waals surface area contributed by atoms with Gasteiger partial charge in [0.05, 0.1) is 24.5 Å². The van der Waals surface area contributed by atoms with Gasteiger partial charge in [-0.2, -0.15) is 23.8 Å². The van der Waals surface area contributed by atoms with Crippen LogP contribution in [0.2, 0.25) is 0 Å². The highest BCUT2D eigenvalue weighted by Gasteiger charge is 2.54. The summed E-state index contributed by atoms with van der Waals surface area (Å²) in [5, 5.41) is 12.9. The minimum atomic E-state index is -4.51. The molecule has 3 heterocycles. The molecule has 11 heteroatoms. The fourth-order valence-corrected chi connectivity index (χ4v) is 2.86. The van der Waals surface area contributed by atoms with Crippen LogP contribution in [0.1, 0.15) is 23.3 Å². The summed E-state index contributed by atoms with van der Waals surface area (Å²) in [4.78, 5) is 28.2. The SMILES string of the molecule is Cn1ncc2c1C(CN)N1CC2N(OC(F)(F)C(=O)O)C1=O. The summed E-state index contributed by atoms with van der Waals surface area (Å²) in [6, 6.07) is -2.24. The van der Waals surface area contributed by atoms with Gasteiger partial charge in [-0.3, -0.25) is 4.68 Å². The van der Waals surface area contributed by atoms with Gasteiger partial charge in [0.15, 0.2) is 0 Å². The first-order valence-corrected chi connectivity index (χ1v) is 6.40. The van der Waals surface area contributed by atoms with Crippen molar-refractivity contribution < 1.29 is 28.3 Å². The molecule has 1 aromatic heterocycles. The maximum atomic E-state index is 13.3. The lowest BCUT2D eigenvalue weighted by Crippen LogP contribution is -2.42. The minimum absolute atomic E-state index is 0.0775. The molecule has 2 aliphatic heterocycles. The second-order valence-electron chi connectivity index (χ2n) is 5.05. The number of carboxylic acids is 1. The van der Waals surface area contributed by atoms with Crippen LogP contribution in [-0.2, 0) is 16.7 Å². The maximum absolute atomic E-state index is 13.3. The van der Waals surface area contributed by atoms with Crippen molar-refractivity contribution in [1.29, 1.82) is 0 Å². The van der Waals surface area contributed by atoms with E-state index in [1.54, 1.807) is 7.05 Å². The first kappa shape index (κ1) is 14.7. The zero-order chi connectivity index (χ0) is 16.2. The molecular weight excluding hydrogens is 304 g/mol. The Morgan fingerprint density at radius 2 is 2.32 bits per heavy atom. The highest BCUT2D eigenvalue weighted by atomic mass is 19.3. The molecule has 3 N–H and O–H groups in total. The number of carboxylic acid groups (broad SMARTS) is 1. The predicted molar refractivity (Wildman–Crippen MR) is 65.4 cm³/mol. The van der Waals surface area contributed by atoms with Gasteiger partial charge in [0.1, 0.15) is 6.04 Å². The molecule has 0 aromatic carbocycles. The molecule has 2 aliphatic rings. The minimum Gasteiger partial charge on any atom is -0.475 e. The van der Waals surface area contributed by atoms with E-state index < -0.39 is 30.2 Å². The van der Waals surface area contributed by atoms with E-state index in [-0.39, 0.29) is 13.1 Å². The van der Waals surface area contributed by atoms with Gasteiger partial charge in [0.2, 0.25) is 0 Å². The molecule has 0 saturated carbocycles. The maximum Gasteiger partial charge on any atom is 0.476 e. The number of aromatic nitrogens is 2. The lowest BCUT2D eigenvalue weighted by atomic mass is 9.98. The van der Waals surface area contributed by atoms with Crippen molar-refractivity contribution in [2.24, 2.45) is 12.8 Å². The molecule has 3 rings (SSSR count). The summed E-state index contributed by atoms with van der Waals surface area (Å²) in [6.07, 6.45) is -3.07. The van der Waals surface area contributed by atoms with Crippen LogP contribution in [0, 0.1) is 0 Å². The Morgan fingerprint density at radius 1 is 1.64 bits per heavy atom. The van der Waals surface area contributed by atoms with E-state index >= 15 is 0 Å². The number of hydrogen-bond donors (Lipinski definition) is 2. The molecule has 0 spiro atoms. The van der Waals surface area contributed by atoms with E-state index in [2.05, 4.69) is 9.94 Å². The molecule has 2 amide bonds. The molecule has 120 valence electrons. The van der Waals surface area contributed by atoms with Crippen molar-refractivity contribution in [1.82, 2.24) is 19.7 Å². The molecule has 2 unspecified atom stereocenters. The number of aliphatic carboxylic acids is 1. The van der Waals surface area contributed by atoms with Crippen molar-refractivity contribution in [3.8, 4) is 0 Å². The summed E-state index contributed by atoms with van der Waals surface area (Å²) < 4.78 is 28.1. The highest BCUT2D eigenvalue weighted by Crippen LogP contribution is 2.44. The number of fused-ring (bicyclic) bond motifs is 4. The van der Waals surface area contributed by atoms with Crippen LogP contribution in [0.15, 0.2) is 6.20 Å². The molecule has 1 saturated heterocycles. The average Bonchev–Trinajstić information content (AvgIpc) is 2.95. The first-order chi connectivity index (χ1) is 10.3. The van der Waals surface area contributed by atoms with Crippen molar-refractivity contribution >= 4 is 12.0 Å². The Bertz CT molecular complexity index is 648. The molecule has 1 aromatic rings. The van der Waals surface area contributed by atoms with Gasteiger partial charge in [0.25, 0.3) is 0 Å². The third-order valence-corrected chi connectivity index (χ3v) is 3.84. The zero-order valence-electron chi connectivity index (χ0n) is 11.4. The van der Waals surface area contributed by atoms with E-state index in [1.807, 2.05) is 0 Å². The van der Waals surface area contributed by atoms with Crippen LogP contribution in [0.3, 0.4) is 0 Å². The van der Waals surface area contributed by atoms with E-state index in [9.17, 15) is 18.4 Å². The van der Waals surface area contributed by atoms with Gasteiger partial charge in [-0.1, -0.05) is 0 Å². The van der Waals surface area contributed by atoms with Gasteiger partial charge in [-0.15, -0.1) is 0 Å². The van der Waals surface area contributed by atoms with Crippen LogP contribution < -0.4 is 5.73 Å². The number of urea groups is 1. The standard InChI is InChI=1S/C11H13F2N5O4/c1-16-8-5(3-15-16)7-4-17(6(8)2-14)10(21)18(7)22-11(12,13)9(19)20/h3,6-7H,2,4,14H2,1H3,(H,19,20). The number of hydroxylamine groups is 2. The molecule has 9 nitrogen and oxygen atoms in total. The number of aryl methyl sites for hydroxylation is 1. The first-order valence-electron chi connectivity index (χ1n) is 6.40. The van der Waals surface area contributed by atoms with Crippen molar-refractivity contribution in [2.45, 2.75) is 18.2 Å². The Morgan fingerprint density at radius 3 is 2.91 bits per heavy atom. The Balaban J connectivity index is 2.00. The molecular formula is C11H13F2N5O4. The van der Waals surface area contributed by atoms with Crippen LogP contribution >= 0.6 is 0 Å². The lowest BCUT2D eigenvalue weighted by Gasteiger charge is -2.30. The lowest BCUT2D eigenvalue weighted by molar-refractivity contribution is -0.328. The Labute approximate surface area is 122 Å². The van der Waals surface area contributed by atoms with Gasteiger partial charge >= 0.3 is 18.1 Å². The fourth-order valence-electron chi connectivity index (χ4n) is 2.86. The Kier molecular flexibility index (Phi) is 3.07. The summed E-state index contributed by atoms with van der Waals surface area (Å²) in [7, 11) is 1.65. The summed E-state index contributed by atoms with van der Waals surface area (Å²) >= 11 is 0. The molecule has 2 atom stereocenters. The Hall–Kier alpha value is -2.27.